The van der Waals surface area contributed by atoms with Gasteiger partial charge in [-0.3, -0.25) is 0 Å². The summed E-state index contributed by atoms with van der Waals surface area (Å²) in [7, 11) is -2.56. The molecule has 0 saturated heterocycles. The average Bonchev–Trinajstić information content (AvgIpc) is 3.00. The smallest absolute Gasteiger partial charge is 0.339 e. The molecule has 0 unspecified atom stereocenters. The average molecular weight is 414 g/mol. The van der Waals surface area contributed by atoms with Gasteiger partial charge in [0.1, 0.15) is 4.90 Å². The number of ether oxygens (including phenoxy) is 1. The van der Waals surface area contributed by atoms with E-state index in [4.69, 9.17) is 8.92 Å². The second kappa shape index (κ2) is 8.04. The fourth-order valence-electron chi connectivity index (χ4n) is 2.73. The number of nitrogens with zero attached hydrogens (tertiary/aromatic N) is 4. The molecule has 3 aromatic rings. The van der Waals surface area contributed by atoms with Crippen molar-refractivity contribution in [2.45, 2.75) is 32.6 Å². The van der Waals surface area contributed by atoms with Crippen LogP contribution in [-0.4, -0.2) is 36.6 Å². The van der Waals surface area contributed by atoms with Gasteiger partial charge < -0.3 is 8.92 Å². The molecule has 0 aliphatic rings. The number of hydrogen-bond donors (Lipinski definition) is 0. The molecule has 0 N–H and O–H groups in total. The lowest BCUT2D eigenvalue weighted by Crippen LogP contribution is -2.12. The molecular weight excluding hydrogens is 392 g/mol. The van der Waals surface area contributed by atoms with Crippen LogP contribution in [0.1, 0.15) is 28.3 Å². The summed E-state index contributed by atoms with van der Waals surface area (Å²) in [6.45, 7) is 7.15. The van der Waals surface area contributed by atoms with E-state index < -0.39 is 10.1 Å². The molecule has 152 valence electrons. The molecule has 0 aliphatic heterocycles. The predicted molar refractivity (Wildman–Crippen MR) is 109 cm³/mol. The fourth-order valence-corrected chi connectivity index (χ4v) is 3.98. The third-order valence-electron chi connectivity index (χ3n) is 4.27. The zero-order valence-corrected chi connectivity index (χ0v) is 17.7. The summed E-state index contributed by atoms with van der Waals surface area (Å²) in [6.07, 6.45) is 1.61. The molecule has 0 aliphatic carbocycles. The molecule has 0 spiro atoms. The third-order valence-corrected chi connectivity index (χ3v) is 5.65. The summed E-state index contributed by atoms with van der Waals surface area (Å²) in [5, 5.41) is 12.2. The van der Waals surface area contributed by atoms with E-state index in [1.807, 2.05) is 13.0 Å². The van der Waals surface area contributed by atoms with E-state index in [0.717, 1.165) is 5.56 Å². The summed E-state index contributed by atoms with van der Waals surface area (Å²) < 4.78 is 37.8. The highest BCUT2D eigenvalue weighted by Gasteiger charge is 2.21. The highest BCUT2D eigenvalue weighted by molar-refractivity contribution is 7.87. The van der Waals surface area contributed by atoms with E-state index in [2.05, 4.69) is 15.3 Å². The van der Waals surface area contributed by atoms with Crippen LogP contribution in [-0.2, 0) is 10.1 Å². The Morgan fingerprint density at radius 1 is 0.966 bits per heavy atom. The Morgan fingerprint density at radius 2 is 1.66 bits per heavy atom. The van der Waals surface area contributed by atoms with E-state index in [1.54, 1.807) is 55.9 Å². The maximum atomic E-state index is 12.8. The molecular formula is C20H22N4O4S. The predicted octanol–water partition coefficient (Wildman–Crippen LogP) is 3.17. The summed E-state index contributed by atoms with van der Waals surface area (Å²) in [4.78, 5) is 0.128. The monoisotopic (exact) mass is 414 g/mol. The van der Waals surface area contributed by atoms with Crippen molar-refractivity contribution in [2.24, 2.45) is 5.10 Å². The minimum absolute atomic E-state index is 0.0993. The summed E-state index contributed by atoms with van der Waals surface area (Å²) in [5.74, 6) is 1.69. The van der Waals surface area contributed by atoms with Crippen LogP contribution >= 0.6 is 0 Å². The summed E-state index contributed by atoms with van der Waals surface area (Å²) in [6, 6.07) is 10.1. The van der Waals surface area contributed by atoms with Crippen LogP contribution in [0.3, 0.4) is 0 Å². The zero-order chi connectivity index (χ0) is 21.2. The number of aryl methyl sites for hydroxylation is 4. The van der Waals surface area contributed by atoms with Gasteiger partial charge in [0.15, 0.2) is 23.1 Å². The van der Waals surface area contributed by atoms with Crippen molar-refractivity contribution in [3.05, 3.63) is 64.7 Å². The first-order chi connectivity index (χ1) is 13.7. The summed E-state index contributed by atoms with van der Waals surface area (Å²) >= 11 is 0. The van der Waals surface area contributed by atoms with E-state index in [0.29, 0.717) is 22.8 Å². The molecule has 3 rings (SSSR count). The third kappa shape index (κ3) is 4.45. The van der Waals surface area contributed by atoms with Crippen LogP contribution in [0.2, 0.25) is 0 Å². The van der Waals surface area contributed by atoms with Crippen molar-refractivity contribution in [3.63, 3.8) is 0 Å². The maximum absolute atomic E-state index is 12.8. The first-order valence-corrected chi connectivity index (χ1v) is 10.2. The highest BCUT2D eigenvalue weighted by Crippen LogP contribution is 2.31. The number of methoxy groups -OCH3 is 1. The van der Waals surface area contributed by atoms with Crippen LogP contribution in [0, 0.1) is 27.7 Å². The lowest BCUT2D eigenvalue weighted by molar-refractivity contribution is 0.390. The zero-order valence-electron chi connectivity index (χ0n) is 16.9. The van der Waals surface area contributed by atoms with Crippen LogP contribution in [0.25, 0.3) is 0 Å². The Bertz CT molecular complexity index is 1160. The molecule has 8 nitrogen and oxygen atoms in total. The number of hydrogen-bond acceptors (Lipinski definition) is 7. The van der Waals surface area contributed by atoms with Gasteiger partial charge in [-0.1, -0.05) is 12.1 Å². The molecule has 0 fully saturated rings. The number of aromatic nitrogens is 3. The minimum Gasteiger partial charge on any atom is -0.493 e. The van der Waals surface area contributed by atoms with Gasteiger partial charge in [-0.2, -0.15) is 13.5 Å². The Kier molecular flexibility index (Phi) is 5.69. The van der Waals surface area contributed by atoms with Gasteiger partial charge in [0.2, 0.25) is 0 Å². The molecule has 29 heavy (non-hydrogen) atoms. The first-order valence-electron chi connectivity index (χ1n) is 8.84. The molecule has 1 aromatic heterocycles. The first kappa shape index (κ1) is 20.5. The van der Waals surface area contributed by atoms with Crippen LogP contribution < -0.4 is 8.92 Å². The van der Waals surface area contributed by atoms with Gasteiger partial charge in [0.25, 0.3) is 0 Å². The molecule has 0 amide bonds. The standard InChI is InChI=1S/C20H22N4O4S/c1-13-6-7-14(2)20(10-13)29(25,26)28-18-9-8-17(11-19(18)27-5)12-21-24-15(3)22-23-16(24)4/h6-12H,1-5H3/b21-12+. The fraction of sp³-hybridized carbons (Fsp3) is 0.250. The molecule has 0 bridgehead atoms. The van der Waals surface area contributed by atoms with Gasteiger partial charge in [0.05, 0.1) is 13.3 Å². The van der Waals surface area contributed by atoms with E-state index in [-0.39, 0.29) is 16.4 Å². The van der Waals surface area contributed by atoms with Gasteiger partial charge in [-0.15, -0.1) is 10.2 Å². The van der Waals surface area contributed by atoms with Crippen LogP contribution in [0.5, 0.6) is 11.5 Å². The van der Waals surface area contributed by atoms with Gasteiger partial charge in [-0.05, 0) is 68.7 Å². The maximum Gasteiger partial charge on any atom is 0.339 e. The Balaban J connectivity index is 1.90. The van der Waals surface area contributed by atoms with E-state index in [9.17, 15) is 8.42 Å². The van der Waals surface area contributed by atoms with Crippen molar-refractivity contribution in [2.75, 3.05) is 7.11 Å². The largest absolute Gasteiger partial charge is 0.493 e. The van der Waals surface area contributed by atoms with Crippen molar-refractivity contribution in [1.82, 2.24) is 14.9 Å². The lowest BCUT2D eigenvalue weighted by Gasteiger charge is -2.13. The molecule has 1 heterocycles. The molecule has 2 aromatic carbocycles. The Hall–Kier alpha value is -3.20. The quantitative estimate of drug-likeness (QED) is 0.454. The second-order valence-corrected chi connectivity index (χ2v) is 8.08. The van der Waals surface area contributed by atoms with Crippen molar-refractivity contribution >= 4 is 16.3 Å². The normalized spacial score (nSPS) is 11.8. The van der Waals surface area contributed by atoms with Crippen molar-refractivity contribution in [1.29, 1.82) is 0 Å². The minimum atomic E-state index is -4.01. The van der Waals surface area contributed by atoms with Crippen molar-refractivity contribution in [3.8, 4) is 11.5 Å². The SMILES string of the molecule is COc1cc(/C=N/n2c(C)nnc2C)ccc1OS(=O)(=O)c1cc(C)ccc1C. The molecule has 0 atom stereocenters. The topological polar surface area (TPSA) is 95.7 Å². The van der Waals surface area contributed by atoms with Crippen molar-refractivity contribution < 1.29 is 17.3 Å². The number of benzene rings is 2. The Labute approximate surface area is 169 Å². The second-order valence-electron chi connectivity index (χ2n) is 6.57. The van der Waals surface area contributed by atoms with E-state index in [1.165, 1.54) is 13.2 Å². The lowest BCUT2D eigenvalue weighted by atomic mass is 10.2. The van der Waals surface area contributed by atoms with Gasteiger partial charge in [0, 0.05) is 0 Å². The van der Waals surface area contributed by atoms with E-state index >= 15 is 0 Å². The Morgan fingerprint density at radius 3 is 2.31 bits per heavy atom. The molecule has 0 radical (unpaired) electrons. The molecule has 0 saturated carbocycles. The highest BCUT2D eigenvalue weighted by atomic mass is 32.2. The van der Waals surface area contributed by atoms with Gasteiger partial charge in [-0.25, -0.2) is 4.68 Å². The summed E-state index contributed by atoms with van der Waals surface area (Å²) in [5.41, 5.74) is 2.14. The van der Waals surface area contributed by atoms with Crippen LogP contribution in [0.4, 0.5) is 0 Å². The van der Waals surface area contributed by atoms with Crippen LogP contribution in [0.15, 0.2) is 46.4 Å². The number of rotatable bonds is 6. The van der Waals surface area contributed by atoms with Gasteiger partial charge >= 0.3 is 10.1 Å². The molecule has 9 heteroatoms.